The lowest BCUT2D eigenvalue weighted by Gasteiger charge is -2.35. The predicted octanol–water partition coefficient (Wildman–Crippen LogP) is 1.68. The number of para-hydroxylation sites is 1. The topological polar surface area (TPSA) is 78.1 Å². The van der Waals surface area contributed by atoms with Crippen LogP contribution in [0.2, 0.25) is 0 Å². The number of carbonyl (C=O) groups is 1. The summed E-state index contributed by atoms with van der Waals surface area (Å²) in [7, 11) is 1.69. The first-order chi connectivity index (χ1) is 12.1. The van der Waals surface area contributed by atoms with E-state index in [9.17, 15) is 14.9 Å². The zero-order valence-electron chi connectivity index (χ0n) is 14.2. The van der Waals surface area contributed by atoms with Gasteiger partial charge in [0, 0.05) is 31.6 Å². The fourth-order valence-electron chi connectivity index (χ4n) is 3.42. The lowest BCUT2D eigenvalue weighted by Crippen LogP contribution is -2.45. The number of hydrogen-bond donors (Lipinski definition) is 1. The Kier molecular flexibility index (Phi) is 4.57. The number of aromatic nitrogens is 1. The second-order valence-corrected chi connectivity index (χ2v) is 6.19. The van der Waals surface area contributed by atoms with Crippen LogP contribution in [0.5, 0.6) is 0 Å². The van der Waals surface area contributed by atoms with Crippen molar-refractivity contribution >= 4 is 22.5 Å². The smallest absolute Gasteiger partial charge is 0.270 e. The van der Waals surface area contributed by atoms with E-state index in [-0.39, 0.29) is 23.1 Å². The Bertz CT molecular complexity index is 931. The van der Waals surface area contributed by atoms with Crippen LogP contribution in [0, 0.1) is 11.3 Å². The quantitative estimate of drug-likeness (QED) is 0.865. The molecular formula is C19H20N4O2. The van der Waals surface area contributed by atoms with Crippen LogP contribution in [0.3, 0.4) is 0 Å². The van der Waals surface area contributed by atoms with Crippen LogP contribution >= 0.6 is 0 Å². The SMILES string of the molecule is C=CC(=O)NC1CCN(c2c(C#N)c(=O)n(C)c3ccccc23)CC1. The minimum absolute atomic E-state index is 0.0881. The fraction of sp³-hybridized carbons (Fsp3) is 0.316. The number of amides is 1. The van der Waals surface area contributed by atoms with Gasteiger partial charge in [0.1, 0.15) is 11.6 Å². The molecule has 1 amide bonds. The zero-order chi connectivity index (χ0) is 18.0. The second kappa shape index (κ2) is 6.81. The van der Waals surface area contributed by atoms with Crippen molar-refractivity contribution in [1.82, 2.24) is 9.88 Å². The van der Waals surface area contributed by atoms with Gasteiger partial charge >= 0.3 is 0 Å². The third-order valence-corrected chi connectivity index (χ3v) is 4.73. The number of benzene rings is 1. The molecule has 1 aliphatic rings. The van der Waals surface area contributed by atoms with E-state index >= 15 is 0 Å². The lowest BCUT2D eigenvalue weighted by molar-refractivity contribution is -0.117. The Morgan fingerprint density at radius 2 is 2.04 bits per heavy atom. The van der Waals surface area contributed by atoms with Gasteiger partial charge in [-0.15, -0.1) is 0 Å². The van der Waals surface area contributed by atoms with E-state index in [4.69, 9.17) is 0 Å². The van der Waals surface area contributed by atoms with Crippen LogP contribution in [0.15, 0.2) is 41.7 Å². The first kappa shape index (κ1) is 16.8. The van der Waals surface area contributed by atoms with Crippen molar-refractivity contribution in [2.24, 2.45) is 7.05 Å². The van der Waals surface area contributed by atoms with E-state index in [0.29, 0.717) is 18.8 Å². The summed E-state index contributed by atoms with van der Waals surface area (Å²) in [6.07, 6.45) is 2.79. The fourth-order valence-corrected chi connectivity index (χ4v) is 3.42. The first-order valence-electron chi connectivity index (χ1n) is 8.26. The number of nitriles is 1. The maximum absolute atomic E-state index is 12.6. The summed E-state index contributed by atoms with van der Waals surface area (Å²) < 4.78 is 1.52. The Hall–Kier alpha value is -3.07. The highest BCUT2D eigenvalue weighted by atomic mass is 16.1. The van der Waals surface area contributed by atoms with Gasteiger partial charge in [0.2, 0.25) is 5.91 Å². The molecule has 0 atom stereocenters. The number of pyridine rings is 1. The largest absolute Gasteiger partial charge is 0.370 e. The van der Waals surface area contributed by atoms with Gasteiger partial charge in [-0.2, -0.15) is 5.26 Å². The van der Waals surface area contributed by atoms with Crippen molar-refractivity contribution in [2.75, 3.05) is 18.0 Å². The van der Waals surface area contributed by atoms with Crippen LogP contribution in [-0.2, 0) is 11.8 Å². The number of piperidine rings is 1. The van der Waals surface area contributed by atoms with Gasteiger partial charge < -0.3 is 14.8 Å². The van der Waals surface area contributed by atoms with Gasteiger partial charge in [0.25, 0.3) is 5.56 Å². The molecule has 0 aliphatic carbocycles. The van der Waals surface area contributed by atoms with Gasteiger partial charge in [-0.25, -0.2) is 0 Å². The van der Waals surface area contributed by atoms with Crippen molar-refractivity contribution in [3.8, 4) is 6.07 Å². The summed E-state index contributed by atoms with van der Waals surface area (Å²) in [5.74, 6) is -0.171. The zero-order valence-corrected chi connectivity index (χ0v) is 14.2. The third-order valence-electron chi connectivity index (χ3n) is 4.73. The normalized spacial score (nSPS) is 15.0. The Morgan fingerprint density at radius 3 is 2.68 bits per heavy atom. The maximum atomic E-state index is 12.6. The molecule has 25 heavy (non-hydrogen) atoms. The van der Waals surface area contributed by atoms with E-state index in [1.54, 1.807) is 7.05 Å². The molecule has 1 aliphatic heterocycles. The molecule has 1 fully saturated rings. The molecule has 1 N–H and O–H groups in total. The van der Waals surface area contributed by atoms with Gasteiger partial charge in [0.05, 0.1) is 11.2 Å². The van der Waals surface area contributed by atoms with E-state index in [0.717, 1.165) is 23.7 Å². The highest BCUT2D eigenvalue weighted by molar-refractivity contribution is 5.95. The minimum atomic E-state index is -0.279. The summed E-state index contributed by atoms with van der Waals surface area (Å²) >= 11 is 0. The minimum Gasteiger partial charge on any atom is -0.370 e. The molecule has 6 nitrogen and oxygen atoms in total. The maximum Gasteiger partial charge on any atom is 0.270 e. The number of nitrogens with zero attached hydrogens (tertiary/aromatic N) is 3. The molecule has 0 saturated carbocycles. The Labute approximate surface area is 146 Å². The summed E-state index contributed by atoms with van der Waals surface area (Å²) in [6, 6.07) is 9.80. The molecule has 0 spiro atoms. The molecule has 3 rings (SSSR count). The molecule has 1 saturated heterocycles. The van der Waals surface area contributed by atoms with Crippen LogP contribution in [0.25, 0.3) is 10.9 Å². The molecule has 0 bridgehead atoms. The summed E-state index contributed by atoms with van der Waals surface area (Å²) in [5.41, 5.74) is 1.41. The van der Waals surface area contributed by atoms with Crippen LogP contribution < -0.4 is 15.8 Å². The highest BCUT2D eigenvalue weighted by Crippen LogP contribution is 2.30. The molecule has 1 aromatic heterocycles. The van der Waals surface area contributed by atoms with Gasteiger partial charge in [0.15, 0.2) is 0 Å². The molecule has 128 valence electrons. The van der Waals surface area contributed by atoms with E-state index in [1.165, 1.54) is 10.6 Å². The van der Waals surface area contributed by atoms with Crippen molar-refractivity contribution in [1.29, 1.82) is 5.26 Å². The van der Waals surface area contributed by atoms with E-state index in [1.807, 2.05) is 24.3 Å². The molecule has 0 radical (unpaired) electrons. The summed E-state index contributed by atoms with van der Waals surface area (Å²) in [4.78, 5) is 26.1. The molecular weight excluding hydrogens is 316 g/mol. The van der Waals surface area contributed by atoms with Gasteiger partial charge in [-0.1, -0.05) is 24.8 Å². The average molecular weight is 336 g/mol. The molecule has 2 aromatic rings. The van der Waals surface area contributed by atoms with Gasteiger partial charge in [-0.05, 0) is 25.0 Å². The standard InChI is InChI=1S/C19H20N4O2/c1-3-17(24)21-13-8-10-23(11-9-13)18-14-6-4-5-7-16(14)22(2)19(25)15(18)12-20/h3-7,13H,1,8-11H2,2H3,(H,21,24). The summed E-state index contributed by atoms with van der Waals surface area (Å²) in [5, 5.41) is 13.4. The predicted molar refractivity (Wildman–Crippen MR) is 97.5 cm³/mol. The monoisotopic (exact) mass is 336 g/mol. The number of hydrogen-bond acceptors (Lipinski definition) is 4. The average Bonchev–Trinajstić information content (AvgIpc) is 2.65. The van der Waals surface area contributed by atoms with Gasteiger partial charge in [-0.3, -0.25) is 9.59 Å². The van der Waals surface area contributed by atoms with Crippen LogP contribution in [0.1, 0.15) is 18.4 Å². The number of nitrogens with one attached hydrogen (secondary N) is 1. The number of anilines is 1. The number of aryl methyl sites for hydroxylation is 1. The lowest BCUT2D eigenvalue weighted by atomic mass is 10.0. The second-order valence-electron chi connectivity index (χ2n) is 6.19. The number of fused-ring (bicyclic) bond motifs is 1. The highest BCUT2D eigenvalue weighted by Gasteiger charge is 2.25. The number of rotatable bonds is 3. The van der Waals surface area contributed by atoms with Crippen molar-refractivity contribution in [3.05, 3.63) is 52.8 Å². The van der Waals surface area contributed by atoms with Crippen molar-refractivity contribution in [3.63, 3.8) is 0 Å². The molecule has 6 heteroatoms. The van der Waals surface area contributed by atoms with Crippen LogP contribution in [-0.4, -0.2) is 29.6 Å². The molecule has 0 unspecified atom stereocenters. The summed E-state index contributed by atoms with van der Waals surface area (Å²) in [6.45, 7) is 4.82. The van der Waals surface area contributed by atoms with E-state index < -0.39 is 0 Å². The first-order valence-corrected chi connectivity index (χ1v) is 8.26. The Balaban J connectivity index is 1.99. The third kappa shape index (κ3) is 3.01. The number of carbonyl (C=O) groups excluding carboxylic acids is 1. The van der Waals surface area contributed by atoms with Crippen molar-refractivity contribution in [2.45, 2.75) is 18.9 Å². The van der Waals surface area contributed by atoms with Crippen molar-refractivity contribution < 1.29 is 4.79 Å². The van der Waals surface area contributed by atoms with Crippen LogP contribution in [0.4, 0.5) is 5.69 Å². The van der Waals surface area contributed by atoms with E-state index in [2.05, 4.69) is 22.9 Å². The molecule has 1 aromatic carbocycles. The molecule has 2 heterocycles. The Morgan fingerprint density at radius 1 is 1.36 bits per heavy atom.